The number of alkyl halides is 6. The van der Waals surface area contributed by atoms with Crippen LogP contribution in [0.15, 0.2) is 36.5 Å². The second kappa shape index (κ2) is 5.87. The van der Waals surface area contributed by atoms with E-state index in [1.807, 2.05) is 0 Å². The molecule has 0 spiro atoms. The van der Waals surface area contributed by atoms with Crippen molar-refractivity contribution >= 4 is 28.9 Å². The van der Waals surface area contributed by atoms with Gasteiger partial charge in [0.2, 0.25) is 5.91 Å². The van der Waals surface area contributed by atoms with E-state index >= 15 is 0 Å². The Morgan fingerprint density at radius 2 is 1.71 bits per heavy atom. The Hall–Kier alpha value is -2.75. The van der Waals surface area contributed by atoms with Gasteiger partial charge in [-0.2, -0.15) is 31.4 Å². The Labute approximate surface area is 158 Å². The fourth-order valence-electron chi connectivity index (χ4n) is 3.14. The molecule has 1 amide bonds. The van der Waals surface area contributed by atoms with Crippen LogP contribution < -0.4 is 4.42 Å². The Morgan fingerprint density at radius 1 is 1.00 bits per heavy atom. The summed E-state index contributed by atoms with van der Waals surface area (Å²) in [5, 5.41) is 3.35. The van der Waals surface area contributed by atoms with Crippen LogP contribution in [0.2, 0.25) is 0 Å². The van der Waals surface area contributed by atoms with Gasteiger partial charge in [0.15, 0.2) is 5.69 Å². The number of benzene rings is 1. The number of aromatic nitrogens is 2. The third-order valence-corrected chi connectivity index (χ3v) is 4.74. The maximum atomic E-state index is 13.5. The van der Waals surface area contributed by atoms with Crippen LogP contribution in [0.1, 0.15) is 16.8 Å². The smallest absolute Gasteiger partial charge is 0.273 e. The first-order chi connectivity index (χ1) is 13.0. The van der Waals surface area contributed by atoms with Gasteiger partial charge in [-0.1, -0.05) is 6.07 Å². The van der Waals surface area contributed by atoms with Crippen LogP contribution in [0.5, 0.6) is 0 Å². The molecule has 3 heterocycles. The molecule has 1 aliphatic heterocycles. The van der Waals surface area contributed by atoms with Crippen LogP contribution in [-0.2, 0) is 23.6 Å². The summed E-state index contributed by atoms with van der Waals surface area (Å²) in [5.74, 6) is -0.431. The molecule has 1 aliphatic rings. The maximum absolute atomic E-state index is 13.5. The van der Waals surface area contributed by atoms with Crippen molar-refractivity contribution in [3.8, 4) is 11.1 Å². The predicted molar refractivity (Wildman–Crippen MR) is 87.7 cm³/mol. The van der Waals surface area contributed by atoms with Gasteiger partial charge in [0.05, 0.1) is 23.2 Å². The second-order valence-electron chi connectivity index (χ2n) is 6.16. The molecular weight excluding hydrogens is 412 g/mol. The lowest BCUT2D eigenvalue weighted by molar-refractivity contribution is -0.140. The number of carbonyl (C=O) groups excluding carboxylic acids is 1. The van der Waals surface area contributed by atoms with Gasteiger partial charge in [-0.25, -0.2) is 8.93 Å². The first-order valence-corrected chi connectivity index (χ1v) is 8.09. The van der Waals surface area contributed by atoms with E-state index in [9.17, 15) is 31.1 Å². The topological polar surface area (TPSA) is 37.6 Å². The standard InChI is InChI=1S/C17H8ClF6N3O/c18-27-11-3-1-8(5-9(11)6-13(27)28)14-12-4-2-10(16(19,20)21)7-26(12)25-15(14)17(22,23)24/h1-5,7H,6H2. The number of carbonyl (C=O) groups is 1. The summed E-state index contributed by atoms with van der Waals surface area (Å²) in [4.78, 5) is 11.7. The first kappa shape index (κ1) is 18.6. The van der Waals surface area contributed by atoms with Crippen LogP contribution in [0.25, 0.3) is 16.6 Å². The minimum atomic E-state index is -4.90. The number of amides is 1. The van der Waals surface area contributed by atoms with Crippen molar-refractivity contribution in [2.75, 3.05) is 4.42 Å². The summed E-state index contributed by atoms with van der Waals surface area (Å²) >= 11 is 5.81. The van der Waals surface area contributed by atoms with E-state index in [1.165, 1.54) is 18.2 Å². The molecule has 0 fully saturated rings. The zero-order valence-electron chi connectivity index (χ0n) is 13.6. The lowest BCUT2D eigenvalue weighted by Gasteiger charge is -2.10. The van der Waals surface area contributed by atoms with Gasteiger partial charge in [-0.3, -0.25) is 4.79 Å². The lowest BCUT2D eigenvalue weighted by Crippen LogP contribution is -2.13. The van der Waals surface area contributed by atoms with E-state index in [2.05, 4.69) is 5.10 Å². The molecule has 1 aromatic carbocycles. The van der Waals surface area contributed by atoms with E-state index in [0.29, 0.717) is 28.0 Å². The molecule has 28 heavy (non-hydrogen) atoms. The maximum Gasteiger partial charge on any atom is 0.435 e. The fourth-order valence-corrected chi connectivity index (χ4v) is 3.37. The van der Waals surface area contributed by atoms with Gasteiger partial charge in [0.25, 0.3) is 0 Å². The third kappa shape index (κ3) is 2.88. The number of halogens is 7. The number of rotatable bonds is 1. The molecule has 0 aliphatic carbocycles. The van der Waals surface area contributed by atoms with Crippen LogP contribution in [0, 0.1) is 0 Å². The number of hydrogen-bond donors (Lipinski definition) is 0. The third-order valence-electron chi connectivity index (χ3n) is 4.37. The van der Waals surface area contributed by atoms with Gasteiger partial charge >= 0.3 is 12.4 Å². The van der Waals surface area contributed by atoms with Crippen LogP contribution in [-0.4, -0.2) is 15.5 Å². The molecule has 2 aromatic heterocycles. The summed E-state index contributed by atoms with van der Waals surface area (Å²) in [5.41, 5.74) is -2.13. The lowest BCUT2D eigenvalue weighted by atomic mass is 10.00. The van der Waals surface area contributed by atoms with Gasteiger partial charge in [0.1, 0.15) is 0 Å². The molecule has 0 unspecified atom stereocenters. The molecule has 0 atom stereocenters. The highest BCUT2D eigenvalue weighted by Crippen LogP contribution is 2.42. The molecule has 11 heteroatoms. The molecule has 0 radical (unpaired) electrons. The van der Waals surface area contributed by atoms with Crippen molar-refractivity contribution in [3.05, 3.63) is 53.3 Å². The second-order valence-corrected chi connectivity index (χ2v) is 6.50. The zero-order valence-corrected chi connectivity index (χ0v) is 14.3. The highest BCUT2D eigenvalue weighted by molar-refractivity contribution is 6.38. The molecule has 4 nitrogen and oxygen atoms in total. The van der Waals surface area contributed by atoms with Crippen LogP contribution in [0.3, 0.4) is 0 Å². The largest absolute Gasteiger partial charge is 0.435 e. The van der Waals surface area contributed by atoms with E-state index < -0.39 is 29.5 Å². The Kier molecular flexibility index (Phi) is 3.90. The number of fused-ring (bicyclic) bond motifs is 2. The molecule has 146 valence electrons. The van der Waals surface area contributed by atoms with E-state index in [-0.39, 0.29) is 23.1 Å². The highest BCUT2D eigenvalue weighted by atomic mass is 35.5. The molecule has 4 rings (SSSR count). The Morgan fingerprint density at radius 3 is 2.36 bits per heavy atom. The minimum Gasteiger partial charge on any atom is -0.273 e. The average molecular weight is 420 g/mol. The van der Waals surface area contributed by atoms with E-state index in [4.69, 9.17) is 11.8 Å². The van der Waals surface area contributed by atoms with Gasteiger partial charge in [-0.15, -0.1) is 0 Å². The number of anilines is 1. The molecule has 0 saturated carbocycles. The fraction of sp³-hybridized carbons (Fsp3) is 0.176. The van der Waals surface area contributed by atoms with E-state index in [1.54, 1.807) is 0 Å². The van der Waals surface area contributed by atoms with Crippen molar-refractivity contribution in [1.29, 1.82) is 0 Å². The quantitative estimate of drug-likeness (QED) is 0.407. The van der Waals surface area contributed by atoms with Gasteiger partial charge in [-0.05, 0) is 35.4 Å². The van der Waals surface area contributed by atoms with Crippen molar-refractivity contribution in [1.82, 2.24) is 9.61 Å². The van der Waals surface area contributed by atoms with E-state index in [0.717, 1.165) is 10.5 Å². The summed E-state index contributed by atoms with van der Waals surface area (Å²) in [6.45, 7) is 0. The van der Waals surface area contributed by atoms with Crippen LogP contribution in [0.4, 0.5) is 32.0 Å². The summed E-state index contributed by atoms with van der Waals surface area (Å²) < 4.78 is 80.7. The van der Waals surface area contributed by atoms with Crippen molar-refractivity contribution < 1.29 is 31.1 Å². The SMILES string of the molecule is O=C1Cc2cc(-c3c(C(F)(F)F)nn4cc(C(F)(F)F)ccc34)ccc2N1Cl. The van der Waals surface area contributed by atoms with Crippen molar-refractivity contribution in [2.45, 2.75) is 18.8 Å². The molecule has 0 saturated heterocycles. The summed E-state index contributed by atoms with van der Waals surface area (Å²) in [6, 6.07) is 5.69. The molecule has 0 bridgehead atoms. The predicted octanol–water partition coefficient (Wildman–Crippen LogP) is 5.08. The summed E-state index contributed by atoms with van der Waals surface area (Å²) in [6.07, 6.45) is -9.21. The molecule has 0 N–H and O–H groups in total. The number of nitrogens with zero attached hydrogens (tertiary/aromatic N) is 3. The Bertz CT molecular complexity index is 1120. The monoisotopic (exact) mass is 419 g/mol. The highest BCUT2D eigenvalue weighted by Gasteiger charge is 2.40. The normalized spacial score (nSPS) is 14.8. The zero-order chi connectivity index (χ0) is 20.4. The first-order valence-electron chi connectivity index (χ1n) is 7.75. The van der Waals surface area contributed by atoms with Gasteiger partial charge in [0, 0.05) is 23.5 Å². The van der Waals surface area contributed by atoms with Crippen LogP contribution >= 0.6 is 11.8 Å². The van der Waals surface area contributed by atoms with Gasteiger partial charge < -0.3 is 0 Å². The average Bonchev–Trinajstić information content (AvgIpc) is 3.11. The summed E-state index contributed by atoms with van der Waals surface area (Å²) in [7, 11) is 0. The molecular formula is C17H8ClF6N3O. The molecule has 3 aromatic rings. The minimum absolute atomic E-state index is 0.0700. The number of hydrogen-bond acceptors (Lipinski definition) is 2. The number of pyridine rings is 1. The Balaban J connectivity index is 1.96. The van der Waals surface area contributed by atoms with Crippen molar-refractivity contribution in [3.63, 3.8) is 0 Å². The van der Waals surface area contributed by atoms with Crippen molar-refractivity contribution in [2.24, 2.45) is 0 Å².